The second-order valence-corrected chi connectivity index (χ2v) is 10.0. The van der Waals surface area contributed by atoms with Crippen LogP contribution in [0.1, 0.15) is 44.7 Å². The number of aliphatic imine (C=N–C) groups is 1. The molecule has 1 heterocycles. The Morgan fingerprint density at radius 3 is 2.73 bits per heavy atom. The molecule has 0 bridgehead atoms. The fourth-order valence-corrected chi connectivity index (χ4v) is 4.02. The van der Waals surface area contributed by atoms with Crippen molar-refractivity contribution in [3.05, 3.63) is 101 Å². The molecule has 1 saturated heterocycles. The van der Waals surface area contributed by atoms with E-state index in [0.29, 0.717) is 17.6 Å². The SMILES string of the molecule is CC(=C/C=C/c1cccc(C(C)(C)C#N)c1)/C(=C\C=O)N/C=C(C=N)/C(/C=N\C=C\O)=C/CCCN1CCOCC1. The normalized spacial score (nSPS) is 16.4. The maximum absolute atomic E-state index is 11.4. The van der Waals surface area contributed by atoms with Crippen LogP contribution in [0.15, 0.2) is 94.6 Å². The average molecular weight is 556 g/mol. The van der Waals surface area contributed by atoms with Crippen molar-refractivity contribution in [3.8, 4) is 6.07 Å². The topological polar surface area (TPSA) is 122 Å². The molecule has 0 amide bonds. The predicted octanol–water partition coefficient (Wildman–Crippen LogP) is 5.79. The summed E-state index contributed by atoms with van der Waals surface area (Å²) in [5.74, 6) is 0. The summed E-state index contributed by atoms with van der Waals surface area (Å²) in [5, 5.41) is 29.5. The molecular formula is C33H41N5O3. The second kappa shape index (κ2) is 18.1. The molecule has 1 aliphatic heterocycles. The van der Waals surface area contributed by atoms with Gasteiger partial charge in [0, 0.05) is 49.1 Å². The number of ether oxygens (including phenoxy) is 1. The van der Waals surface area contributed by atoms with Crippen LogP contribution in [0.25, 0.3) is 6.08 Å². The number of aliphatic hydroxyl groups is 1. The Balaban J connectivity index is 2.17. The molecule has 0 atom stereocenters. The maximum Gasteiger partial charge on any atom is 0.144 e. The van der Waals surface area contributed by atoms with Gasteiger partial charge in [0.25, 0.3) is 0 Å². The first-order valence-electron chi connectivity index (χ1n) is 13.7. The van der Waals surface area contributed by atoms with Gasteiger partial charge in [-0.15, -0.1) is 0 Å². The van der Waals surface area contributed by atoms with E-state index in [1.54, 1.807) is 12.4 Å². The Labute approximate surface area is 243 Å². The standard InChI is InChI=1S/C33H41N5O3/c1-27(8-6-9-28-10-7-12-31(22-28)33(2,3)26-35)32(13-18-39)37-25-30(23-34)29(24-36-14-19-40)11-4-5-15-38-16-20-41-21-17-38/h6-14,18-19,22-25,34,37,40H,4-5,15-17,20-21H2,1-3H3/b9-6+,19-14+,27-8-,29-11+,30-25+,32-13+,34-23?,36-24-. The van der Waals surface area contributed by atoms with Gasteiger partial charge in [0.05, 0.1) is 37.2 Å². The van der Waals surface area contributed by atoms with Crippen molar-refractivity contribution in [2.45, 2.75) is 39.0 Å². The van der Waals surface area contributed by atoms with Gasteiger partial charge in [0.2, 0.25) is 0 Å². The first kappa shape index (κ1) is 32.9. The number of allylic oxidation sites excluding steroid dienone is 7. The van der Waals surface area contributed by atoms with Crippen LogP contribution in [0.4, 0.5) is 0 Å². The van der Waals surface area contributed by atoms with Crippen molar-refractivity contribution in [1.29, 1.82) is 10.7 Å². The Morgan fingerprint density at radius 1 is 1.27 bits per heavy atom. The number of hydrogen-bond acceptors (Lipinski definition) is 8. The van der Waals surface area contributed by atoms with Crippen LogP contribution in [0.2, 0.25) is 0 Å². The summed E-state index contributed by atoms with van der Waals surface area (Å²) in [6.07, 6.45) is 18.2. The molecule has 2 rings (SSSR count). The van der Waals surface area contributed by atoms with Crippen LogP contribution >= 0.6 is 0 Å². The van der Waals surface area contributed by atoms with Gasteiger partial charge < -0.3 is 20.6 Å². The molecule has 0 aliphatic carbocycles. The molecule has 216 valence electrons. The molecular weight excluding hydrogens is 514 g/mol. The zero-order chi connectivity index (χ0) is 29.9. The average Bonchev–Trinajstić information content (AvgIpc) is 2.99. The minimum absolute atomic E-state index is 0.573. The van der Waals surface area contributed by atoms with Gasteiger partial charge in [0.1, 0.15) is 6.29 Å². The highest BCUT2D eigenvalue weighted by molar-refractivity contribution is 5.97. The zero-order valence-corrected chi connectivity index (χ0v) is 24.2. The van der Waals surface area contributed by atoms with Crippen molar-refractivity contribution in [1.82, 2.24) is 10.2 Å². The van der Waals surface area contributed by atoms with E-state index in [-0.39, 0.29) is 0 Å². The van der Waals surface area contributed by atoms with E-state index in [2.05, 4.69) is 21.3 Å². The molecule has 8 nitrogen and oxygen atoms in total. The van der Waals surface area contributed by atoms with Crippen LogP contribution in [0.5, 0.6) is 0 Å². The van der Waals surface area contributed by atoms with Crippen LogP contribution < -0.4 is 5.32 Å². The van der Waals surface area contributed by atoms with E-state index in [1.807, 2.05) is 69.3 Å². The van der Waals surface area contributed by atoms with Crippen molar-refractivity contribution >= 4 is 24.8 Å². The quantitative estimate of drug-likeness (QED) is 0.0629. The Bertz CT molecular complexity index is 1270. The number of hydrogen-bond donors (Lipinski definition) is 3. The number of aliphatic hydroxyl groups excluding tert-OH is 1. The fraction of sp³-hybridized carbons (Fsp3) is 0.333. The van der Waals surface area contributed by atoms with Crippen molar-refractivity contribution in [3.63, 3.8) is 0 Å². The highest BCUT2D eigenvalue weighted by Crippen LogP contribution is 2.23. The van der Waals surface area contributed by atoms with E-state index < -0.39 is 5.41 Å². The third-order valence-corrected chi connectivity index (χ3v) is 6.57. The van der Waals surface area contributed by atoms with Gasteiger partial charge >= 0.3 is 0 Å². The molecule has 1 aromatic rings. The number of benzene rings is 1. The number of aldehydes is 1. The molecule has 0 saturated carbocycles. The van der Waals surface area contributed by atoms with Crippen molar-refractivity contribution in [2.75, 3.05) is 32.8 Å². The number of nitrogens with one attached hydrogen (secondary N) is 2. The van der Waals surface area contributed by atoms with E-state index in [1.165, 1.54) is 18.5 Å². The lowest BCUT2D eigenvalue weighted by Gasteiger charge is -2.26. The smallest absolute Gasteiger partial charge is 0.144 e. The lowest BCUT2D eigenvalue weighted by atomic mass is 9.85. The van der Waals surface area contributed by atoms with Gasteiger partial charge in [-0.2, -0.15) is 5.26 Å². The monoisotopic (exact) mass is 555 g/mol. The number of carbonyl (C=O) groups excluding carboxylic acids is 1. The molecule has 0 radical (unpaired) electrons. The van der Waals surface area contributed by atoms with Crippen LogP contribution in [-0.4, -0.2) is 61.6 Å². The third kappa shape index (κ3) is 11.8. The summed E-state index contributed by atoms with van der Waals surface area (Å²) in [7, 11) is 0. The van der Waals surface area contributed by atoms with E-state index >= 15 is 0 Å². The highest BCUT2D eigenvalue weighted by Gasteiger charge is 2.19. The fourth-order valence-electron chi connectivity index (χ4n) is 4.02. The molecule has 1 aliphatic rings. The van der Waals surface area contributed by atoms with Crippen LogP contribution in [0, 0.1) is 16.7 Å². The minimum atomic E-state index is -0.576. The van der Waals surface area contributed by atoms with Gasteiger partial charge in [-0.3, -0.25) is 14.7 Å². The first-order chi connectivity index (χ1) is 19.8. The second-order valence-electron chi connectivity index (χ2n) is 10.0. The summed E-state index contributed by atoms with van der Waals surface area (Å²) in [5.41, 5.74) is 4.03. The summed E-state index contributed by atoms with van der Waals surface area (Å²) in [4.78, 5) is 17.8. The van der Waals surface area contributed by atoms with E-state index in [0.717, 1.165) is 74.2 Å². The molecule has 3 N–H and O–H groups in total. The molecule has 0 spiro atoms. The highest BCUT2D eigenvalue weighted by atomic mass is 16.5. The third-order valence-electron chi connectivity index (χ3n) is 6.57. The summed E-state index contributed by atoms with van der Waals surface area (Å²) >= 11 is 0. The summed E-state index contributed by atoms with van der Waals surface area (Å²) < 4.78 is 5.41. The zero-order valence-electron chi connectivity index (χ0n) is 24.2. The molecule has 1 fully saturated rings. The Kier molecular flexibility index (Phi) is 14.5. The number of nitrogens with zero attached hydrogens (tertiary/aromatic N) is 3. The van der Waals surface area contributed by atoms with Gasteiger partial charge in [-0.05, 0) is 62.4 Å². The molecule has 0 aromatic heterocycles. The van der Waals surface area contributed by atoms with Gasteiger partial charge in [0.15, 0.2) is 0 Å². The van der Waals surface area contributed by atoms with Gasteiger partial charge in [-0.1, -0.05) is 48.6 Å². The summed E-state index contributed by atoms with van der Waals surface area (Å²) in [6, 6.07) is 10.2. The predicted molar refractivity (Wildman–Crippen MR) is 167 cm³/mol. The minimum Gasteiger partial charge on any atom is -0.514 e. The first-order valence-corrected chi connectivity index (χ1v) is 13.7. The summed E-state index contributed by atoms with van der Waals surface area (Å²) in [6.45, 7) is 10.0. The van der Waals surface area contributed by atoms with Crippen LogP contribution in [-0.2, 0) is 14.9 Å². The maximum atomic E-state index is 11.4. The largest absolute Gasteiger partial charge is 0.514 e. The molecule has 0 unspecified atom stereocenters. The molecule has 1 aromatic carbocycles. The van der Waals surface area contributed by atoms with E-state index in [9.17, 15) is 10.1 Å². The van der Waals surface area contributed by atoms with Crippen molar-refractivity contribution < 1.29 is 14.6 Å². The lowest BCUT2D eigenvalue weighted by Crippen LogP contribution is -2.36. The number of unbranched alkanes of at least 4 members (excludes halogenated alkanes) is 1. The Morgan fingerprint density at radius 2 is 2.05 bits per heavy atom. The molecule has 8 heteroatoms. The van der Waals surface area contributed by atoms with Crippen molar-refractivity contribution in [2.24, 2.45) is 4.99 Å². The number of carbonyl (C=O) groups is 1. The number of morpholine rings is 1. The molecule has 41 heavy (non-hydrogen) atoms. The van der Waals surface area contributed by atoms with E-state index in [4.69, 9.17) is 15.3 Å². The number of rotatable bonds is 15. The lowest BCUT2D eigenvalue weighted by molar-refractivity contribution is -0.104. The van der Waals surface area contributed by atoms with Gasteiger partial charge in [-0.25, -0.2) is 0 Å². The number of nitriles is 1. The van der Waals surface area contributed by atoms with Crippen LogP contribution in [0.3, 0.4) is 0 Å². The Hall–Kier alpha value is -4.32.